The lowest BCUT2D eigenvalue weighted by molar-refractivity contribution is -0.142. The van der Waals surface area contributed by atoms with E-state index in [4.69, 9.17) is 20.9 Å². The van der Waals surface area contributed by atoms with Gasteiger partial charge in [-0.1, -0.05) is 26.7 Å². The number of amides is 1. The average Bonchev–Trinajstić information content (AvgIpc) is 3.25. The molecule has 1 fully saturated rings. The van der Waals surface area contributed by atoms with Gasteiger partial charge in [0.25, 0.3) is 0 Å². The third kappa shape index (κ3) is 4.92. The Kier molecular flexibility index (Phi) is 7.44. The zero-order valence-corrected chi connectivity index (χ0v) is 22.1. The number of carbonyl (C=O) groups excluding carboxylic acids is 1. The topological polar surface area (TPSA) is 71.9 Å². The molecule has 2 aliphatic rings. The number of aromatic nitrogens is 1. The minimum absolute atomic E-state index is 0.00591. The van der Waals surface area contributed by atoms with Crippen molar-refractivity contribution < 1.29 is 19.4 Å². The van der Waals surface area contributed by atoms with Crippen LogP contribution in [0.5, 0.6) is 11.5 Å². The molecule has 1 aromatic carbocycles. The van der Waals surface area contributed by atoms with Crippen LogP contribution in [-0.4, -0.2) is 47.7 Å². The van der Waals surface area contributed by atoms with Gasteiger partial charge >= 0.3 is 0 Å². The van der Waals surface area contributed by atoms with Crippen molar-refractivity contribution in [1.29, 1.82) is 0 Å². The number of rotatable bonds is 7. The lowest BCUT2D eigenvalue weighted by Gasteiger charge is -2.53. The molecule has 0 bridgehead atoms. The van der Waals surface area contributed by atoms with Gasteiger partial charge in [0.2, 0.25) is 5.91 Å². The first-order valence-corrected chi connectivity index (χ1v) is 13.1. The molecule has 6 nitrogen and oxygen atoms in total. The summed E-state index contributed by atoms with van der Waals surface area (Å²) in [6.07, 6.45) is 7.55. The second kappa shape index (κ2) is 10.2. The highest BCUT2D eigenvalue weighted by Gasteiger charge is 2.54. The molecule has 0 spiro atoms. The van der Waals surface area contributed by atoms with E-state index in [-0.39, 0.29) is 41.5 Å². The third-order valence-electron chi connectivity index (χ3n) is 8.12. The molecule has 1 aromatic heterocycles. The summed E-state index contributed by atoms with van der Waals surface area (Å²) in [7, 11) is 3.38. The van der Waals surface area contributed by atoms with Crippen LogP contribution in [-0.2, 0) is 17.8 Å². The molecule has 0 radical (unpaired) electrons. The molecule has 1 amide bonds. The maximum Gasteiger partial charge on any atom is 0.226 e. The zero-order chi connectivity index (χ0) is 25.3. The fourth-order valence-electron chi connectivity index (χ4n) is 6.22. The number of methoxy groups -OCH3 is 1. The number of terminal acetylenes is 1. The van der Waals surface area contributed by atoms with E-state index >= 15 is 0 Å². The van der Waals surface area contributed by atoms with E-state index in [2.05, 4.69) is 19.8 Å². The number of thiazole rings is 1. The summed E-state index contributed by atoms with van der Waals surface area (Å²) < 4.78 is 11.2. The van der Waals surface area contributed by atoms with E-state index in [1.807, 2.05) is 31.2 Å². The highest BCUT2D eigenvalue weighted by atomic mass is 32.1. The summed E-state index contributed by atoms with van der Waals surface area (Å²) in [4.78, 5) is 20.8. The molecular formula is C28H36N2O4S. The van der Waals surface area contributed by atoms with Crippen LogP contribution >= 0.6 is 11.3 Å². The Bertz CT molecular complexity index is 1090. The largest absolute Gasteiger partial charge is 0.497 e. The molecule has 1 saturated carbocycles. The lowest BCUT2D eigenvalue weighted by Crippen LogP contribution is -2.53. The molecule has 188 valence electrons. The van der Waals surface area contributed by atoms with E-state index in [1.165, 1.54) is 4.88 Å². The first-order chi connectivity index (χ1) is 16.7. The highest BCUT2D eigenvalue weighted by molar-refractivity contribution is 7.11. The monoisotopic (exact) mass is 496 g/mol. The number of hydrogen-bond acceptors (Lipinski definition) is 6. The van der Waals surface area contributed by atoms with Gasteiger partial charge in [-0.3, -0.25) is 4.79 Å². The quantitative estimate of drug-likeness (QED) is 0.571. The third-order valence-corrected chi connectivity index (χ3v) is 9.17. The zero-order valence-electron chi connectivity index (χ0n) is 21.3. The van der Waals surface area contributed by atoms with Gasteiger partial charge in [-0.2, -0.15) is 0 Å². The van der Waals surface area contributed by atoms with Crippen LogP contribution < -0.4 is 9.47 Å². The van der Waals surface area contributed by atoms with Crippen molar-refractivity contribution >= 4 is 17.2 Å². The summed E-state index contributed by atoms with van der Waals surface area (Å²) >= 11 is 1.72. The normalized spacial score (nSPS) is 28.3. The second-order valence-corrected chi connectivity index (χ2v) is 11.6. The van der Waals surface area contributed by atoms with E-state index in [0.29, 0.717) is 6.61 Å². The molecule has 35 heavy (non-hydrogen) atoms. The van der Waals surface area contributed by atoms with Crippen molar-refractivity contribution in [2.24, 2.45) is 23.2 Å². The first kappa shape index (κ1) is 25.5. The molecule has 0 unspecified atom stereocenters. The molecule has 2 aliphatic carbocycles. The Morgan fingerprint density at radius 2 is 2.06 bits per heavy atom. The first-order valence-electron chi connectivity index (χ1n) is 12.3. The molecule has 1 heterocycles. The number of fused-ring (bicyclic) bond motifs is 2. The van der Waals surface area contributed by atoms with Crippen LogP contribution in [0, 0.1) is 35.5 Å². The molecule has 1 N–H and O–H groups in total. The molecule has 0 saturated heterocycles. The molecule has 0 aliphatic heterocycles. The van der Waals surface area contributed by atoms with Crippen molar-refractivity contribution in [3.05, 3.63) is 39.8 Å². The number of ether oxygens (including phenoxy) is 2. The van der Waals surface area contributed by atoms with Gasteiger partial charge in [0, 0.05) is 23.8 Å². The second-order valence-electron chi connectivity index (χ2n) is 10.4. The van der Waals surface area contributed by atoms with Crippen LogP contribution in [0.2, 0.25) is 0 Å². The van der Waals surface area contributed by atoms with Gasteiger partial charge < -0.3 is 19.5 Å². The van der Waals surface area contributed by atoms with E-state index in [1.54, 1.807) is 30.4 Å². The van der Waals surface area contributed by atoms with E-state index in [0.717, 1.165) is 41.5 Å². The number of aliphatic hydroxyl groups is 1. The van der Waals surface area contributed by atoms with Gasteiger partial charge in [-0.05, 0) is 60.8 Å². The standard InChI is InChI=1S/C28H36N2O4S/c1-7-14-30(5)27(32)17(2)21-12-13-28(4)15-22-25(18(3)24(28)26(21)31)29-23(35-22)16-34-20-10-8-19(33-6)9-11-20/h1,8-11,17-18,21,24,26,31H,12-16H2,2-6H3/t17-,18+,21-,24+,26-,28+/m0/s1. The van der Waals surface area contributed by atoms with Gasteiger partial charge in [-0.25, -0.2) is 4.98 Å². The summed E-state index contributed by atoms with van der Waals surface area (Å²) in [5.41, 5.74) is 1.06. The number of hydrogen-bond donors (Lipinski definition) is 1. The maximum absolute atomic E-state index is 12.9. The predicted molar refractivity (Wildman–Crippen MR) is 138 cm³/mol. The number of nitrogens with zero attached hydrogens (tertiary/aromatic N) is 2. The number of benzene rings is 1. The van der Waals surface area contributed by atoms with E-state index < -0.39 is 6.10 Å². The van der Waals surface area contributed by atoms with E-state index in [9.17, 15) is 9.90 Å². The van der Waals surface area contributed by atoms with Crippen molar-refractivity contribution in [1.82, 2.24) is 9.88 Å². The number of aliphatic hydroxyl groups excluding tert-OH is 1. The average molecular weight is 497 g/mol. The minimum Gasteiger partial charge on any atom is -0.497 e. The molecular weight excluding hydrogens is 460 g/mol. The smallest absolute Gasteiger partial charge is 0.226 e. The SMILES string of the molecule is C#CCN(C)C(=O)[C@@H](C)[C@@H]1CC[C@]2(C)Cc3sc(COc4ccc(OC)cc4)nc3[C@H](C)[C@@H]2[C@H]1O. The van der Waals surface area contributed by atoms with Crippen molar-refractivity contribution in [3.8, 4) is 23.8 Å². The van der Waals surface area contributed by atoms with Crippen molar-refractivity contribution in [2.45, 2.75) is 58.7 Å². The van der Waals surface area contributed by atoms with Crippen LogP contribution in [0.4, 0.5) is 0 Å². The van der Waals surface area contributed by atoms with Gasteiger partial charge in [0.15, 0.2) is 0 Å². The highest BCUT2D eigenvalue weighted by Crippen LogP contribution is 2.57. The van der Waals surface area contributed by atoms with Crippen LogP contribution in [0.3, 0.4) is 0 Å². The number of carbonyl (C=O) groups is 1. The Morgan fingerprint density at radius 1 is 1.37 bits per heavy atom. The predicted octanol–water partition coefficient (Wildman–Crippen LogP) is 4.51. The molecule has 6 atom stereocenters. The van der Waals surface area contributed by atoms with Crippen LogP contribution in [0.25, 0.3) is 0 Å². The fraction of sp³-hybridized carbons (Fsp3) is 0.571. The van der Waals surface area contributed by atoms with Crippen molar-refractivity contribution in [2.75, 3.05) is 20.7 Å². The molecule has 7 heteroatoms. The minimum atomic E-state index is -0.559. The maximum atomic E-state index is 12.9. The summed E-state index contributed by atoms with van der Waals surface area (Å²) in [6, 6.07) is 7.54. The van der Waals surface area contributed by atoms with Crippen molar-refractivity contribution in [3.63, 3.8) is 0 Å². The Labute approximate surface area is 212 Å². The Hall–Kier alpha value is -2.56. The van der Waals surface area contributed by atoms with Crippen LogP contribution in [0.1, 0.15) is 55.1 Å². The Morgan fingerprint density at radius 3 is 2.71 bits per heavy atom. The molecule has 2 aromatic rings. The van der Waals surface area contributed by atoms with Gasteiger partial charge in [0.1, 0.15) is 23.1 Å². The lowest BCUT2D eigenvalue weighted by atomic mass is 9.53. The Balaban J connectivity index is 1.49. The summed E-state index contributed by atoms with van der Waals surface area (Å²) in [6.45, 7) is 7.10. The fourth-order valence-corrected chi connectivity index (χ4v) is 7.51. The van der Waals surface area contributed by atoms with Gasteiger partial charge in [-0.15, -0.1) is 17.8 Å². The van der Waals surface area contributed by atoms with Gasteiger partial charge in [0.05, 0.1) is 25.5 Å². The summed E-state index contributed by atoms with van der Waals surface area (Å²) in [5, 5.41) is 12.5. The van der Waals surface area contributed by atoms with Crippen LogP contribution in [0.15, 0.2) is 24.3 Å². The summed E-state index contributed by atoms with van der Waals surface area (Å²) in [5.74, 6) is 3.92. The molecule has 4 rings (SSSR count).